The van der Waals surface area contributed by atoms with E-state index in [9.17, 15) is 5.26 Å². The third kappa shape index (κ3) is 2.76. The molecule has 0 unspecified atom stereocenters. The maximum atomic E-state index is 10.7. The van der Waals surface area contributed by atoms with E-state index >= 15 is 0 Å². The van der Waals surface area contributed by atoms with Crippen LogP contribution in [-0.4, -0.2) is 13.4 Å². The van der Waals surface area contributed by atoms with Crippen LogP contribution in [0, 0.1) is 39.0 Å². The summed E-state index contributed by atoms with van der Waals surface area (Å²) >= 11 is 0. The minimum Gasteiger partial charge on any atom is -0.457 e. The predicted molar refractivity (Wildman–Crippen MR) is 167 cm³/mol. The molecular weight excluding hydrogens is 502 g/mol. The Bertz CT molecular complexity index is 2090. The molecule has 0 aliphatic carbocycles. The number of fused-ring (bicyclic) bond motifs is 10. The highest BCUT2D eigenvalue weighted by Gasteiger charge is 2.52. The molecular formula is C35H24B2N2O2. The van der Waals surface area contributed by atoms with Gasteiger partial charge in [-0.25, -0.2) is 0 Å². The van der Waals surface area contributed by atoms with Crippen molar-refractivity contribution in [2.24, 2.45) is 0 Å². The number of nitriles is 1. The highest BCUT2D eigenvalue weighted by Crippen LogP contribution is 2.47. The zero-order valence-corrected chi connectivity index (χ0v) is 23.3. The fraction of sp³-hybridized carbons (Fsp3) is 0.114. The first kappa shape index (κ1) is 22.9. The number of aryl methyl sites for hydroxylation is 4. The summed E-state index contributed by atoms with van der Waals surface area (Å²) < 4.78 is 13.5. The van der Waals surface area contributed by atoms with Gasteiger partial charge in [-0.2, -0.15) is 5.26 Å². The molecule has 41 heavy (non-hydrogen) atoms. The molecule has 0 bridgehead atoms. The zero-order chi connectivity index (χ0) is 27.7. The Balaban J connectivity index is 1.50. The Morgan fingerprint density at radius 2 is 1.27 bits per heavy atom. The Morgan fingerprint density at radius 3 is 1.98 bits per heavy atom. The van der Waals surface area contributed by atoms with Gasteiger partial charge in [0, 0.05) is 17.1 Å². The van der Waals surface area contributed by atoms with E-state index in [0.717, 1.165) is 44.8 Å². The molecule has 192 valence electrons. The van der Waals surface area contributed by atoms with Crippen molar-refractivity contribution >= 4 is 63.3 Å². The first-order chi connectivity index (χ1) is 19.9. The van der Waals surface area contributed by atoms with E-state index in [-0.39, 0.29) is 13.4 Å². The van der Waals surface area contributed by atoms with E-state index in [1.165, 1.54) is 38.8 Å². The molecule has 0 spiro atoms. The molecule has 0 saturated heterocycles. The number of nitrogens with zero attached hydrogens (tertiary/aromatic N) is 2. The van der Waals surface area contributed by atoms with Gasteiger partial charge in [-0.3, -0.25) is 0 Å². The molecule has 0 aromatic heterocycles. The van der Waals surface area contributed by atoms with Crippen LogP contribution in [0.4, 0.5) is 17.1 Å². The van der Waals surface area contributed by atoms with E-state index in [1.54, 1.807) is 0 Å². The van der Waals surface area contributed by atoms with Gasteiger partial charge in [0.1, 0.15) is 34.6 Å². The summed E-state index contributed by atoms with van der Waals surface area (Å²) in [7, 11) is 0. The zero-order valence-electron chi connectivity index (χ0n) is 23.3. The number of ether oxygens (including phenoxy) is 2. The van der Waals surface area contributed by atoms with Gasteiger partial charge in [0.05, 0.1) is 0 Å². The maximum absolute atomic E-state index is 10.7. The smallest absolute Gasteiger partial charge is 0.256 e. The van der Waals surface area contributed by atoms with E-state index in [4.69, 9.17) is 9.47 Å². The van der Waals surface area contributed by atoms with Crippen molar-refractivity contribution in [3.63, 3.8) is 0 Å². The van der Waals surface area contributed by atoms with Crippen LogP contribution in [-0.2, 0) is 0 Å². The Hall–Kier alpha value is -4.88. The minimum absolute atomic E-state index is 0.0540. The van der Waals surface area contributed by atoms with Crippen LogP contribution in [0.2, 0.25) is 0 Å². The first-order valence-electron chi connectivity index (χ1n) is 14.2. The van der Waals surface area contributed by atoms with Crippen molar-refractivity contribution in [1.82, 2.24) is 0 Å². The van der Waals surface area contributed by atoms with Crippen molar-refractivity contribution in [3.05, 3.63) is 101 Å². The molecule has 0 N–H and O–H groups in total. The summed E-state index contributed by atoms with van der Waals surface area (Å²) in [6, 6.07) is 28.7. The van der Waals surface area contributed by atoms with Gasteiger partial charge in [0.2, 0.25) is 0 Å². The topological polar surface area (TPSA) is 45.5 Å². The highest BCUT2D eigenvalue weighted by atomic mass is 16.5. The van der Waals surface area contributed by atoms with Crippen molar-refractivity contribution in [2.75, 3.05) is 4.90 Å². The van der Waals surface area contributed by atoms with Crippen molar-refractivity contribution in [1.29, 1.82) is 5.26 Å². The van der Waals surface area contributed by atoms with Gasteiger partial charge < -0.3 is 14.4 Å². The third-order valence-electron chi connectivity index (χ3n) is 9.27. The van der Waals surface area contributed by atoms with Crippen molar-refractivity contribution < 1.29 is 9.47 Å². The largest absolute Gasteiger partial charge is 0.457 e. The number of hydrogen-bond donors (Lipinski definition) is 0. The lowest BCUT2D eigenvalue weighted by Gasteiger charge is -2.47. The van der Waals surface area contributed by atoms with Gasteiger partial charge in [0.15, 0.2) is 0 Å². The van der Waals surface area contributed by atoms with Crippen LogP contribution >= 0.6 is 0 Å². The van der Waals surface area contributed by atoms with E-state index in [2.05, 4.69) is 99.3 Å². The Kier molecular flexibility index (Phi) is 4.27. The number of benzene rings is 5. The normalized spacial score (nSPS) is 14.1. The summed E-state index contributed by atoms with van der Waals surface area (Å²) in [5.74, 6) is 2.85. The van der Waals surface area contributed by atoms with Crippen molar-refractivity contribution in [3.8, 4) is 29.1 Å². The monoisotopic (exact) mass is 526 g/mol. The van der Waals surface area contributed by atoms with Gasteiger partial charge >= 0.3 is 0 Å². The molecule has 0 saturated carbocycles. The summed E-state index contributed by atoms with van der Waals surface area (Å²) in [5, 5.41) is 10.7. The maximum Gasteiger partial charge on any atom is 0.256 e. The van der Waals surface area contributed by atoms with E-state index in [1.807, 2.05) is 12.1 Å². The summed E-state index contributed by atoms with van der Waals surface area (Å²) in [6.07, 6.45) is 0. The summed E-state index contributed by atoms with van der Waals surface area (Å²) in [4.78, 5) is 2.41. The van der Waals surface area contributed by atoms with Crippen LogP contribution in [0.3, 0.4) is 0 Å². The lowest BCUT2D eigenvalue weighted by Crippen LogP contribution is -2.67. The van der Waals surface area contributed by atoms with E-state index < -0.39 is 0 Å². The van der Waals surface area contributed by atoms with Crippen molar-refractivity contribution in [2.45, 2.75) is 27.7 Å². The predicted octanol–water partition coefficient (Wildman–Crippen LogP) is 4.13. The molecule has 5 aromatic rings. The Labute approximate surface area is 239 Å². The number of anilines is 3. The lowest BCUT2D eigenvalue weighted by molar-refractivity contribution is 0.462. The molecule has 5 aromatic carbocycles. The second kappa shape index (κ2) is 7.65. The van der Waals surface area contributed by atoms with Gasteiger partial charge in [-0.05, 0) is 90.3 Å². The molecule has 0 fully saturated rings. The van der Waals surface area contributed by atoms with Gasteiger partial charge in [0.25, 0.3) is 13.4 Å². The summed E-state index contributed by atoms with van der Waals surface area (Å²) in [5.41, 5.74) is 15.6. The highest BCUT2D eigenvalue weighted by molar-refractivity contribution is 7.03. The molecule has 0 amide bonds. The van der Waals surface area contributed by atoms with Crippen LogP contribution in [0.5, 0.6) is 23.0 Å². The average molecular weight is 526 g/mol. The Morgan fingerprint density at radius 1 is 0.634 bits per heavy atom. The molecule has 4 nitrogen and oxygen atoms in total. The minimum atomic E-state index is -0.0577. The molecule has 4 aliphatic heterocycles. The number of rotatable bonds is 0. The SMILES string of the molecule is Cc1cc(C)c2c(c1)Oc1c(C#N)c3c4c5c1B2c1cc(C)ccc1N5c1ccc(C)cc1B4c1ccccc1O3. The molecule has 4 aliphatic rings. The summed E-state index contributed by atoms with van der Waals surface area (Å²) in [6.45, 7) is 8.46. The van der Waals surface area contributed by atoms with Gasteiger partial charge in [-0.15, -0.1) is 0 Å². The molecule has 4 heterocycles. The standard InChI is InChI=1S/C35H24B2N2O2/c1-18-9-11-26-24(14-18)36-23-7-5-6-8-28(23)40-34-22(17-38)35-32-33(31(34)36)39(26)27-12-10-19(2)15-25(27)37(32)30-21(4)13-20(3)16-29(30)41-35/h5-16H,1-4H3. The fourth-order valence-electron chi connectivity index (χ4n) is 7.77. The van der Waals surface area contributed by atoms with Gasteiger partial charge in [-0.1, -0.05) is 65.2 Å². The third-order valence-corrected chi connectivity index (χ3v) is 9.27. The average Bonchev–Trinajstić information content (AvgIpc) is 2.96. The second-order valence-corrected chi connectivity index (χ2v) is 11.9. The van der Waals surface area contributed by atoms with Crippen LogP contribution < -0.4 is 47.2 Å². The van der Waals surface area contributed by atoms with Crippen LogP contribution in [0.15, 0.2) is 72.8 Å². The first-order valence-corrected chi connectivity index (χ1v) is 14.2. The second-order valence-electron chi connectivity index (χ2n) is 11.9. The quantitative estimate of drug-likeness (QED) is 0.279. The van der Waals surface area contributed by atoms with E-state index in [0.29, 0.717) is 17.1 Å². The lowest BCUT2D eigenvalue weighted by atomic mass is 9.29. The number of hydrogen-bond acceptors (Lipinski definition) is 4. The molecule has 0 radical (unpaired) electrons. The molecule has 9 rings (SSSR count). The van der Waals surface area contributed by atoms with Crippen LogP contribution in [0.25, 0.3) is 0 Å². The van der Waals surface area contributed by atoms with Crippen LogP contribution in [0.1, 0.15) is 27.8 Å². The number of para-hydroxylation sites is 1. The molecule has 6 heteroatoms. The molecule has 0 atom stereocenters. The fourth-order valence-corrected chi connectivity index (χ4v) is 7.77.